The molecule has 2 aromatic rings. The number of carbonyl (C=O) groups is 2. The number of nitrogens with one attached hydrogen (secondary N) is 2. The van der Waals surface area contributed by atoms with Crippen LogP contribution < -0.4 is 10.6 Å². The highest BCUT2D eigenvalue weighted by molar-refractivity contribution is 7.17. The molecule has 9 heteroatoms. The fourth-order valence-electron chi connectivity index (χ4n) is 2.70. The largest absolute Gasteiger partial charge is 0.471 e. The third-order valence-corrected chi connectivity index (χ3v) is 5.01. The molecule has 0 unspecified atom stereocenters. The number of alkyl halides is 3. The Kier molecular flexibility index (Phi) is 4.76. The number of anilines is 2. The van der Waals surface area contributed by atoms with Gasteiger partial charge in [-0.05, 0) is 43.4 Å². The Labute approximate surface area is 145 Å². The molecule has 0 saturated heterocycles. The molecule has 0 atom stereocenters. The van der Waals surface area contributed by atoms with Crippen LogP contribution in [-0.4, -0.2) is 23.0 Å². The third-order valence-electron chi connectivity index (χ3n) is 3.80. The molecule has 0 saturated carbocycles. The summed E-state index contributed by atoms with van der Waals surface area (Å²) in [5, 5.41) is 4.41. The lowest BCUT2D eigenvalue weighted by Gasteiger charge is -2.13. The summed E-state index contributed by atoms with van der Waals surface area (Å²) in [7, 11) is 0. The third kappa shape index (κ3) is 3.81. The number of hydrogen-bond donors (Lipinski definition) is 2. The van der Waals surface area contributed by atoms with Crippen molar-refractivity contribution in [3.63, 3.8) is 0 Å². The fourth-order valence-corrected chi connectivity index (χ4v) is 3.98. The number of aryl methyl sites for hydroxylation is 1. The van der Waals surface area contributed by atoms with Gasteiger partial charge in [0.1, 0.15) is 5.00 Å². The van der Waals surface area contributed by atoms with Crippen molar-refractivity contribution in [1.29, 1.82) is 0 Å². The first-order valence-corrected chi connectivity index (χ1v) is 8.42. The molecule has 2 heterocycles. The van der Waals surface area contributed by atoms with Crippen LogP contribution in [0.1, 0.15) is 33.6 Å². The van der Waals surface area contributed by atoms with E-state index in [4.69, 9.17) is 0 Å². The lowest BCUT2D eigenvalue weighted by atomic mass is 9.95. The van der Waals surface area contributed by atoms with Crippen LogP contribution in [-0.2, 0) is 17.6 Å². The van der Waals surface area contributed by atoms with E-state index >= 15 is 0 Å². The van der Waals surface area contributed by atoms with Gasteiger partial charge in [0.05, 0.1) is 17.4 Å². The number of amides is 2. The van der Waals surface area contributed by atoms with Gasteiger partial charge in [-0.15, -0.1) is 11.3 Å². The molecule has 1 aliphatic carbocycles. The van der Waals surface area contributed by atoms with Crippen molar-refractivity contribution in [3.8, 4) is 0 Å². The van der Waals surface area contributed by atoms with Crippen LogP contribution in [0, 0.1) is 0 Å². The first kappa shape index (κ1) is 17.4. The summed E-state index contributed by atoms with van der Waals surface area (Å²) >= 11 is 1.04. The minimum Gasteiger partial charge on any atom is -0.320 e. The number of aromatic nitrogens is 1. The molecule has 5 nitrogen and oxygen atoms in total. The fraction of sp³-hybridized carbons (Fsp3) is 0.312. The van der Waals surface area contributed by atoms with Gasteiger partial charge in [0.15, 0.2) is 0 Å². The van der Waals surface area contributed by atoms with Crippen LogP contribution in [0.3, 0.4) is 0 Å². The topological polar surface area (TPSA) is 71.1 Å². The second kappa shape index (κ2) is 6.83. The number of pyridine rings is 1. The summed E-state index contributed by atoms with van der Waals surface area (Å²) in [5.41, 5.74) is 1.26. The van der Waals surface area contributed by atoms with Crippen molar-refractivity contribution in [1.82, 2.24) is 4.98 Å². The van der Waals surface area contributed by atoms with Crippen molar-refractivity contribution >= 4 is 33.8 Å². The van der Waals surface area contributed by atoms with Crippen LogP contribution in [0.2, 0.25) is 0 Å². The molecule has 2 amide bonds. The molecule has 0 aliphatic heterocycles. The van der Waals surface area contributed by atoms with Crippen LogP contribution in [0.4, 0.5) is 23.9 Å². The minimum atomic E-state index is -5.01. The Balaban J connectivity index is 1.94. The molecular formula is C16H14F3N3O2S. The number of carbonyl (C=O) groups excluding carboxylic acids is 2. The molecule has 2 N–H and O–H groups in total. The van der Waals surface area contributed by atoms with Crippen molar-refractivity contribution in [2.24, 2.45) is 0 Å². The number of thiophene rings is 1. The van der Waals surface area contributed by atoms with Gasteiger partial charge in [-0.2, -0.15) is 13.2 Å². The summed E-state index contributed by atoms with van der Waals surface area (Å²) in [6, 6.07) is 3.25. The first-order valence-electron chi connectivity index (χ1n) is 7.60. The Morgan fingerprint density at radius 2 is 1.92 bits per heavy atom. The smallest absolute Gasteiger partial charge is 0.320 e. The van der Waals surface area contributed by atoms with E-state index in [1.807, 2.05) is 5.32 Å². The van der Waals surface area contributed by atoms with E-state index < -0.39 is 18.0 Å². The number of fused-ring (bicyclic) bond motifs is 1. The average molecular weight is 369 g/mol. The molecular weight excluding hydrogens is 355 g/mol. The maximum Gasteiger partial charge on any atom is 0.471 e. The molecule has 25 heavy (non-hydrogen) atoms. The van der Waals surface area contributed by atoms with Gasteiger partial charge in [0, 0.05) is 11.1 Å². The molecule has 132 valence electrons. The Morgan fingerprint density at radius 1 is 1.16 bits per heavy atom. The van der Waals surface area contributed by atoms with Gasteiger partial charge >= 0.3 is 12.1 Å². The molecule has 3 rings (SSSR count). The Bertz CT molecular complexity index is 803. The molecule has 0 spiro atoms. The molecule has 0 bridgehead atoms. The number of hydrogen-bond acceptors (Lipinski definition) is 4. The average Bonchev–Trinajstić information content (AvgIpc) is 2.92. The zero-order valence-corrected chi connectivity index (χ0v) is 13.8. The summed E-state index contributed by atoms with van der Waals surface area (Å²) in [5.74, 6) is -2.63. The Hall–Kier alpha value is -2.42. The molecule has 2 aromatic heterocycles. The van der Waals surface area contributed by atoms with E-state index in [-0.39, 0.29) is 10.6 Å². The van der Waals surface area contributed by atoms with Gasteiger partial charge in [-0.3, -0.25) is 14.6 Å². The summed E-state index contributed by atoms with van der Waals surface area (Å²) < 4.78 is 37.7. The number of halogens is 3. The minimum absolute atomic E-state index is 0.0596. The van der Waals surface area contributed by atoms with Crippen molar-refractivity contribution < 1.29 is 22.8 Å². The maximum absolute atomic E-state index is 12.6. The van der Waals surface area contributed by atoms with Gasteiger partial charge in [-0.25, -0.2) is 0 Å². The van der Waals surface area contributed by atoms with E-state index in [0.717, 1.165) is 34.6 Å². The highest BCUT2D eigenvalue weighted by Gasteiger charge is 2.40. The second-order valence-corrected chi connectivity index (χ2v) is 6.67. The number of rotatable bonds is 3. The summed E-state index contributed by atoms with van der Waals surface area (Å²) in [6.45, 7) is 0. The van der Waals surface area contributed by atoms with Crippen LogP contribution in [0.5, 0.6) is 0 Å². The van der Waals surface area contributed by atoms with E-state index in [1.54, 1.807) is 12.1 Å². The summed E-state index contributed by atoms with van der Waals surface area (Å²) in [4.78, 5) is 28.7. The maximum atomic E-state index is 12.6. The van der Waals surface area contributed by atoms with E-state index in [1.165, 1.54) is 12.4 Å². The van der Waals surface area contributed by atoms with Gasteiger partial charge in [-0.1, -0.05) is 0 Å². The predicted octanol–water partition coefficient (Wildman–Crippen LogP) is 3.78. The zero-order valence-electron chi connectivity index (χ0n) is 12.9. The highest BCUT2D eigenvalue weighted by atomic mass is 32.1. The second-order valence-electron chi connectivity index (χ2n) is 5.56. The standard InChI is InChI=1S/C16H14F3N3O2S/c17-16(18,19)15(24)22-14-12(10-5-1-2-6-11(10)25-14)13(23)21-9-4-3-7-20-8-9/h3-4,7-8H,1-2,5-6H2,(H,21,23)(H,22,24). The van der Waals surface area contributed by atoms with Gasteiger partial charge < -0.3 is 10.6 Å². The lowest BCUT2D eigenvalue weighted by Crippen LogP contribution is -2.30. The van der Waals surface area contributed by atoms with Crippen LogP contribution in [0.15, 0.2) is 24.5 Å². The van der Waals surface area contributed by atoms with Crippen molar-refractivity contribution in [2.45, 2.75) is 31.9 Å². The van der Waals surface area contributed by atoms with Crippen molar-refractivity contribution in [2.75, 3.05) is 10.6 Å². The van der Waals surface area contributed by atoms with Crippen molar-refractivity contribution in [3.05, 3.63) is 40.5 Å². The SMILES string of the molecule is O=C(Nc1cccnc1)c1c(NC(=O)C(F)(F)F)sc2c1CCCC2. The van der Waals surface area contributed by atoms with Crippen LogP contribution in [0.25, 0.3) is 0 Å². The van der Waals surface area contributed by atoms with E-state index in [0.29, 0.717) is 18.5 Å². The quantitative estimate of drug-likeness (QED) is 0.865. The normalized spacial score (nSPS) is 13.9. The van der Waals surface area contributed by atoms with Crippen LogP contribution >= 0.6 is 11.3 Å². The molecule has 1 aliphatic rings. The number of nitrogens with zero attached hydrogens (tertiary/aromatic N) is 1. The first-order chi connectivity index (χ1) is 11.9. The monoisotopic (exact) mass is 369 g/mol. The summed E-state index contributed by atoms with van der Waals surface area (Å²) in [6.07, 6.45) is 1.01. The predicted molar refractivity (Wildman–Crippen MR) is 87.8 cm³/mol. The van der Waals surface area contributed by atoms with Gasteiger partial charge in [0.25, 0.3) is 5.91 Å². The Morgan fingerprint density at radius 3 is 2.60 bits per heavy atom. The lowest BCUT2D eigenvalue weighted by molar-refractivity contribution is -0.167. The molecule has 0 fully saturated rings. The molecule has 0 radical (unpaired) electrons. The molecule has 0 aromatic carbocycles. The van der Waals surface area contributed by atoms with Gasteiger partial charge in [0.2, 0.25) is 0 Å². The highest BCUT2D eigenvalue weighted by Crippen LogP contribution is 2.39. The van der Waals surface area contributed by atoms with E-state index in [9.17, 15) is 22.8 Å². The van der Waals surface area contributed by atoms with E-state index in [2.05, 4.69) is 10.3 Å². The zero-order chi connectivity index (χ0) is 18.0.